The number of carbonyl (C=O) groups is 1. The van der Waals surface area contributed by atoms with Crippen molar-refractivity contribution in [3.8, 4) is 0 Å². The Morgan fingerprint density at radius 3 is 2.00 bits per heavy atom. The van der Waals surface area contributed by atoms with E-state index in [1.165, 1.54) is 38.5 Å². The quantitative estimate of drug-likeness (QED) is 0.256. The highest BCUT2D eigenvalue weighted by Crippen LogP contribution is 2.11. The smallest absolute Gasteiger partial charge is 0.162 e. The summed E-state index contributed by atoms with van der Waals surface area (Å²) in [4.78, 5) is 11.9. The van der Waals surface area contributed by atoms with Gasteiger partial charge in [0.15, 0.2) is 5.78 Å². The molecule has 0 saturated heterocycles. The fourth-order valence-corrected chi connectivity index (χ4v) is 2.84. The van der Waals surface area contributed by atoms with Gasteiger partial charge in [0.05, 0.1) is 0 Å². The zero-order valence-electron chi connectivity index (χ0n) is 17.5. The van der Waals surface area contributed by atoms with Crippen LogP contribution in [0.5, 0.6) is 0 Å². The van der Waals surface area contributed by atoms with Crippen molar-refractivity contribution < 1.29 is 9.90 Å². The monoisotopic (exact) mass is 365 g/mol. The van der Waals surface area contributed by atoms with E-state index in [0.717, 1.165) is 32.1 Å². The predicted molar refractivity (Wildman–Crippen MR) is 113 cm³/mol. The van der Waals surface area contributed by atoms with Gasteiger partial charge in [0, 0.05) is 12.5 Å². The van der Waals surface area contributed by atoms with E-state index >= 15 is 0 Å². The summed E-state index contributed by atoms with van der Waals surface area (Å²) in [6.07, 6.45) is 21.4. The van der Waals surface area contributed by atoms with Crippen molar-refractivity contribution in [3.63, 3.8) is 0 Å². The van der Waals surface area contributed by atoms with Crippen molar-refractivity contribution in [1.82, 2.24) is 0 Å². The number of aliphatic hydroxyl groups excluding tert-OH is 1. The van der Waals surface area contributed by atoms with Gasteiger partial charge < -0.3 is 10.8 Å². The largest absolute Gasteiger partial charge is 0.384 e. The van der Waals surface area contributed by atoms with Crippen LogP contribution in [0.4, 0.5) is 0 Å². The summed E-state index contributed by atoms with van der Waals surface area (Å²) in [5, 5.41) is 9.88. The first-order valence-corrected chi connectivity index (χ1v) is 10.8. The van der Waals surface area contributed by atoms with Gasteiger partial charge in [-0.1, -0.05) is 77.2 Å². The molecule has 3 heteroatoms. The number of hydrogen-bond acceptors (Lipinski definition) is 3. The average Bonchev–Trinajstić information content (AvgIpc) is 2.63. The Morgan fingerprint density at radius 2 is 1.42 bits per heavy atom. The molecule has 0 aromatic rings. The van der Waals surface area contributed by atoms with Gasteiger partial charge in [0.1, 0.15) is 6.10 Å². The molecule has 0 aliphatic heterocycles. The minimum atomic E-state index is -0.999. The third-order valence-corrected chi connectivity index (χ3v) is 4.84. The maximum absolute atomic E-state index is 11.9. The second-order valence-corrected chi connectivity index (χ2v) is 7.71. The van der Waals surface area contributed by atoms with Crippen LogP contribution in [0.25, 0.3) is 0 Å². The Labute approximate surface area is 162 Å². The molecule has 0 radical (unpaired) electrons. The lowest BCUT2D eigenvalue weighted by atomic mass is 9.94. The van der Waals surface area contributed by atoms with Gasteiger partial charge in [0.25, 0.3) is 0 Å². The summed E-state index contributed by atoms with van der Waals surface area (Å²) in [6, 6.07) is -0.444. The number of ketones is 1. The number of nitrogens with two attached hydrogens (primary N) is 1. The van der Waals surface area contributed by atoms with E-state index in [4.69, 9.17) is 5.73 Å². The van der Waals surface area contributed by atoms with Crippen LogP contribution in [0.3, 0.4) is 0 Å². The first-order chi connectivity index (χ1) is 12.5. The molecule has 0 amide bonds. The van der Waals surface area contributed by atoms with E-state index in [1.807, 2.05) is 13.8 Å². The zero-order valence-corrected chi connectivity index (χ0v) is 17.5. The van der Waals surface area contributed by atoms with Crippen LogP contribution >= 0.6 is 0 Å². The van der Waals surface area contributed by atoms with Gasteiger partial charge in [-0.2, -0.15) is 0 Å². The molecule has 0 aliphatic rings. The summed E-state index contributed by atoms with van der Waals surface area (Å²) in [5.41, 5.74) is 5.84. The zero-order chi connectivity index (χ0) is 19.6. The summed E-state index contributed by atoms with van der Waals surface area (Å²) >= 11 is 0. The van der Waals surface area contributed by atoms with Gasteiger partial charge in [-0.05, 0) is 44.4 Å². The Kier molecular flexibility index (Phi) is 16.9. The number of rotatable bonds is 17. The van der Waals surface area contributed by atoms with Crippen LogP contribution in [0.1, 0.15) is 97.8 Å². The summed E-state index contributed by atoms with van der Waals surface area (Å²) in [5.74, 6) is 0.0236. The summed E-state index contributed by atoms with van der Waals surface area (Å²) in [7, 11) is 0. The SMILES string of the molecule is CCCCCC=CCC=CCCCCCCCC(=O)C(O)[C@@H](N)C(C)C. The molecule has 0 spiro atoms. The first-order valence-electron chi connectivity index (χ1n) is 10.8. The lowest BCUT2D eigenvalue weighted by Crippen LogP contribution is -2.44. The van der Waals surface area contributed by atoms with Crippen molar-refractivity contribution in [3.05, 3.63) is 24.3 Å². The molecule has 0 rings (SSSR count). The van der Waals surface area contributed by atoms with Crippen molar-refractivity contribution in [2.45, 2.75) is 110 Å². The normalized spacial score (nSPS) is 14.5. The van der Waals surface area contributed by atoms with Gasteiger partial charge in [-0.3, -0.25) is 4.79 Å². The Hall–Kier alpha value is -0.930. The number of hydrogen-bond donors (Lipinski definition) is 2. The Balaban J connectivity index is 3.48. The molecule has 3 nitrogen and oxygen atoms in total. The lowest BCUT2D eigenvalue weighted by molar-refractivity contribution is -0.128. The van der Waals surface area contributed by atoms with Crippen LogP contribution in [0.2, 0.25) is 0 Å². The highest BCUT2D eigenvalue weighted by atomic mass is 16.3. The molecule has 0 aromatic heterocycles. The minimum Gasteiger partial charge on any atom is -0.384 e. The molecule has 0 aliphatic carbocycles. The number of carbonyl (C=O) groups excluding carboxylic acids is 1. The Morgan fingerprint density at radius 1 is 0.885 bits per heavy atom. The molecule has 0 bridgehead atoms. The fourth-order valence-electron chi connectivity index (χ4n) is 2.84. The maximum Gasteiger partial charge on any atom is 0.162 e. The van der Waals surface area contributed by atoms with Gasteiger partial charge in [-0.15, -0.1) is 0 Å². The molecule has 0 heterocycles. The maximum atomic E-state index is 11.9. The van der Waals surface area contributed by atoms with Crippen molar-refractivity contribution in [2.24, 2.45) is 11.7 Å². The first kappa shape index (κ1) is 25.1. The molecule has 1 unspecified atom stereocenters. The topological polar surface area (TPSA) is 63.3 Å². The number of allylic oxidation sites excluding steroid dienone is 4. The molecule has 152 valence electrons. The molecule has 3 N–H and O–H groups in total. The molecule has 0 saturated carbocycles. The third-order valence-electron chi connectivity index (χ3n) is 4.84. The lowest BCUT2D eigenvalue weighted by Gasteiger charge is -2.20. The highest BCUT2D eigenvalue weighted by molar-refractivity contribution is 5.83. The number of unbranched alkanes of at least 4 members (excludes halogenated alkanes) is 8. The van der Waals surface area contributed by atoms with Crippen LogP contribution in [-0.4, -0.2) is 23.0 Å². The van der Waals surface area contributed by atoms with Gasteiger partial charge in [-0.25, -0.2) is 0 Å². The molecule has 0 aromatic carbocycles. The van der Waals surface area contributed by atoms with E-state index in [1.54, 1.807) is 0 Å². The second-order valence-electron chi connectivity index (χ2n) is 7.71. The summed E-state index contributed by atoms with van der Waals surface area (Å²) < 4.78 is 0. The van der Waals surface area contributed by atoms with Crippen LogP contribution < -0.4 is 5.73 Å². The van der Waals surface area contributed by atoms with Gasteiger partial charge >= 0.3 is 0 Å². The molecular formula is C23H43NO2. The van der Waals surface area contributed by atoms with Gasteiger partial charge in [0.2, 0.25) is 0 Å². The van der Waals surface area contributed by atoms with E-state index in [0.29, 0.717) is 6.42 Å². The number of Topliss-reactive ketones (excluding diaryl/α,β-unsaturated/α-hetero) is 1. The predicted octanol–water partition coefficient (Wildman–Crippen LogP) is 5.71. The Bertz CT molecular complexity index is 388. The summed E-state index contributed by atoms with van der Waals surface area (Å²) in [6.45, 7) is 6.10. The second kappa shape index (κ2) is 17.5. The molecule has 0 fully saturated rings. The molecule has 26 heavy (non-hydrogen) atoms. The van der Waals surface area contributed by atoms with Crippen molar-refractivity contribution >= 4 is 5.78 Å². The highest BCUT2D eigenvalue weighted by Gasteiger charge is 2.24. The van der Waals surface area contributed by atoms with Crippen molar-refractivity contribution in [1.29, 1.82) is 0 Å². The molecular weight excluding hydrogens is 322 g/mol. The van der Waals surface area contributed by atoms with E-state index in [2.05, 4.69) is 31.2 Å². The van der Waals surface area contributed by atoms with Crippen molar-refractivity contribution in [2.75, 3.05) is 0 Å². The molecule has 2 atom stereocenters. The van der Waals surface area contributed by atoms with Crippen LogP contribution in [-0.2, 0) is 4.79 Å². The van der Waals surface area contributed by atoms with Crippen LogP contribution in [0.15, 0.2) is 24.3 Å². The van der Waals surface area contributed by atoms with Crippen LogP contribution in [0, 0.1) is 5.92 Å². The minimum absolute atomic E-state index is 0.100. The number of aliphatic hydroxyl groups is 1. The standard InChI is InChI=1S/C23H43NO2/c1-4-5-6-7-8-9-10-11-12-13-14-15-16-17-18-19-21(25)23(26)22(24)20(2)3/h8-9,11-12,20,22-23,26H,4-7,10,13-19,24H2,1-3H3/t22-,23?/m0/s1. The fraction of sp³-hybridized carbons (Fsp3) is 0.783. The average molecular weight is 366 g/mol. The third kappa shape index (κ3) is 14.3. The van der Waals surface area contributed by atoms with E-state index < -0.39 is 12.1 Å². The van der Waals surface area contributed by atoms with E-state index in [-0.39, 0.29) is 11.7 Å². The van der Waals surface area contributed by atoms with E-state index in [9.17, 15) is 9.90 Å².